The fourth-order valence-electron chi connectivity index (χ4n) is 2.20. The Kier molecular flexibility index (Phi) is 1.71. The van der Waals surface area contributed by atoms with Gasteiger partial charge in [-0.2, -0.15) is 0 Å². The van der Waals surface area contributed by atoms with Gasteiger partial charge in [0.15, 0.2) is 5.78 Å². The number of fused-ring (bicyclic) bond motifs is 3. The summed E-state index contributed by atoms with van der Waals surface area (Å²) < 4.78 is 1.30. The molecule has 3 rings (SSSR count). The molecule has 1 heterocycles. The summed E-state index contributed by atoms with van der Waals surface area (Å²) >= 11 is 1.75. The van der Waals surface area contributed by atoms with Crippen LogP contribution in [-0.4, -0.2) is 5.78 Å². The highest BCUT2D eigenvalue weighted by Gasteiger charge is 2.18. The number of thiophene rings is 1. The monoisotopic (exact) mass is 202 g/mol. The number of rotatable bonds is 0. The maximum atomic E-state index is 11.7. The van der Waals surface area contributed by atoms with Gasteiger partial charge in [0.2, 0.25) is 0 Å². The van der Waals surface area contributed by atoms with E-state index in [4.69, 9.17) is 0 Å². The number of hydrogen-bond acceptors (Lipinski definition) is 2. The van der Waals surface area contributed by atoms with E-state index in [1.807, 2.05) is 6.07 Å². The lowest BCUT2D eigenvalue weighted by Crippen LogP contribution is -2.10. The lowest BCUT2D eigenvalue weighted by molar-refractivity contribution is 0.0973. The standard InChI is InChI=1S/C12H10OS/c13-11-3-1-2-8-9(11)4-5-12-10(8)6-7-14-12/h4-7H,1-3H2. The summed E-state index contributed by atoms with van der Waals surface area (Å²) in [6.45, 7) is 0. The normalized spacial score (nSPS) is 15.9. The van der Waals surface area contributed by atoms with Crippen molar-refractivity contribution in [2.75, 3.05) is 0 Å². The third-order valence-corrected chi connectivity index (χ3v) is 3.76. The number of carbonyl (C=O) groups is 1. The van der Waals surface area contributed by atoms with Gasteiger partial charge in [-0.1, -0.05) is 0 Å². The van der Waals surface area contributed by atoms with Crippen molar-refractivity contribution in [1.29, 1.82) is 0 Å². The van der Waals surface area contributed by atoms with Crippen molar-refractivity contribution >= 4 is 27.2 Å². The minimum absolute atomic E-state index is 0.319. The van der Waals surface area contributed by atoms with Crippen LogP contribution >= 0.6 is 11.3 Å². The number of ketones is 1. The average molecular weight is 202 g/mol. The van der Waals surface area contributed by atoms with E-state index in [-0.39, 0.29) is 0 Å². The Morgan fingerprint density at radius 1 is 1.14 bits per heavy atom. The first kappa shape index (κ1) is 8.18. The third kappa shape index (κ3) is 1.04. The van der Waals surface area contributed by atoms with Crippen LogP contribution < -0.4 is 0 Å². The Hall–Kier alpha value is -1.15. The van der Waals surface area contributed by atoms with E-state index in [1.165, 1.54) is 15.6 Å². The predicted octanol–water partition coefficient (Wildman–Crippen LogP) is 3.42. The predicted molar refractivity (Wildman–Crippen MR) is 59.1 cm³/mol. The third-order valence-electron chi connectivity index (χ3n) is 2.88. The minimum Gasteiger partial charge on any atom is -0.294 e. The Balaban J connectivity index is 2.38. The summed E-state index contributed by atoms with van der Waals surface area (Å²) in [5.74, 6) is 0.319. The quantitative estimate of drug-likeness (QED) is 0.639. The largest absolute Gasteiger partial charge is 0.294 e. The van der Waals surface area contributed by atoms with Gasteiger partial charge in [-0.25, -0.2) is 0 Å². The molecule has 1 nitrogen and oxygen atoms in total. The van der Waals surface area contributed by atoms with Crippen LogP contribution in [0.3, 0.4) is 0 Å². The first-order valence-electron chi connectivity index (χ1n) is 4.88. The average Bonchev–Trinajstić information content (AvgIpc) is 2.66. The molecule has 0 spiro atoms. The fourth-order valence-corrected chi connectivity index (χ4v) is 3.01. The molecule has 0 atom stereocenters. The summed E-state index contributed by atoms with van der Waals surface area (Å²) in [5.41, 5.74) is 2.24. The molecule has 0 bridgehead atoms. The SMILES string of the molecule is O=C1CCCc2c1ccc1sccc21. The van der Waals surface area contributed by atoms with Gasteiger partial charge < -0.3 is 0 Å². The highest BCUT2D eigenvalue weighted by molar-refractivity contribution is 7.17. The van der Waals surface area contributed by atoms with Gasteiger partial charge in [-0.05, 0) is 47.4 Å². The number of hydrogen-bond donors (Lipinski definition) is 0. The number of Topliss-reactive ketones (excluding diaryl/α,β-unsaturated/α-hetero) is 1. The number of benzene rings is 1. The van der Waals surface area contributed by atoms with E-state index in [2.05, 4.69) is 17.5 Å². The number of aryl methyl sites for hydroxylation is 1. The van der Waals surface area contributed by atoms with Crippen molar-refractivity contribution in [3.05, 3.63) is 34.7 Å². The molecule has 70 valence electrons. The van der Waals surface area contributed by atoms with Crippen LogP contribution in [0.15, 0.2) is 23.6 Å². The van der Waals surface area contributed by atoms with Gasteiger partial charge in [0.1, 0.15) is 0 Å². The van der Waals surface area contributed by atoms with Crippen LogP contribution in [0, 0.1) is 0 Å². The zero-order valence-electron chi connectivity index (χ0n) is 7.75. The molecule has 0 amide bonds. The molecule has 0 saturated carbocycles. The zero-order chi connectivity index (χ0) is 9.54. The molecule has 0 unspecified atom stereocenters. The molecule has 0 aliphatic heterocycles. The summed E-state index contributed by atoms with van der Waals surface area (Å²) in [5, 5.41) is 3.39. The Labute approximate surface area is 86.4 Å². The molecule has 1 aliphatic rings. The van der Waals surface area contributed by atoms with Crippen molar-refractivity contribution in [3.8, 4) is 0 Å². The van der Waals surface area contributed by atoms with Crippen LogP contribution in [0.1, 0.15) is 28.8 Å². The second-order valence-corrected chi connectivity index (χ2v) is 4.65. The fraction of sp³-hybridized carbons (Fsp3) is 0.250. The molecule has 1 aliphatic carbocycles. The van der Waals surface area contributed by atoms with Crippen molar-refractivity contribution in [3.63, 3.8) is 0 Å². The summed E-state index contributed by atoms with van der Waals surface area (Å²) in [6.07, 6.45) is 2.80. The molecule has 1 aromatic carbocycles. The summed E-state index contributed by atoms with van der Waals surface area (Å²) in [4.78, 5) is 11.7. The van der Waals surface area contributed by atoms with Gasteiger partial charge in [-0.15, -0.1) is 11.3 Å². The maximum Gasteiger partial charge on any atom is 0.163 e. The van der Waals surface area contributed by atoms with Gasteiger partial charge in [-0.3, -0.25) is 4.79 Å². The maximum absolute atomic E-state index is 11.7. The minimum atomic E-state index is 0.319. The lowest BCUT2D eigenvalue weighted by atomic mass is 9.89. The van der Waals surface area contributed by atoms with Gasteiger partial charge >= 0.3 is 0 Å². The summed E-state index contributed by atoms with van der Waals surface area (Å²) in [7, 11) is 0. The van der Waals surface area contributed by atoms with Crippen LogP contribution in [0.4, 0.5) is 0 Å². The van der Waals surface area contributed by atoms with Gasteiger partial charge in [0, 0.05) is 16.7 Å². The molecular formula is C12H10OS. The van der Waals surface area contributed by atoms with E-state index in [9.17, 15) is 4.79 Å². The summed E-state index contributed by atoms with van der Waals surface area (Å²) in [6, 6.07) is 6.20. The number of carbonyl (C=O) groups excluding carboxylic acids is 1. The van der Waals surface area contributed by atoms with Crippen molar-refractivity contribution in [2.45, 2.75) is 19.3 Å². The second-order valence-electron chi connectivity index (χ2n) is 3.70. The zero-order valence-corrected chi connectivity index (χ0v) is 8.56. The highest BCUT2D eigenvalue weighted by Crippen LogP contribution is 2.31. The molecular weight excluding hydrogens is 192 g/mol. The van der Waals surface area contributed by atoms with Crippen LogP contribution in [-0.2, 0) is 6.42 Å². The van der Waals surface area contributed by atoms with Crippen LogP contribution in [0.5, 0.6) is 0 Å². The first-order chi connectivity index (χ1) is 6.86. The van der Waals surface area contributed by atoms with E-state index in [1.54, 1.807) is 11.3 Å². The first-order valence-corrected chi connectivity index (χ1v) is 5.76. The van der Waals surface area contributed by atoms with Crippen LogP contribution in [0.25, 0.3) is 10.1 Å². The molecule has 1 aromatic heterocycles. The highest BCUT2D eigenvalue weighted by atomic mass is 32.1. The molecule has 14 heavy (non-hydrogen) atoms. The van der Waals surface area contributed by atoms with E-state index in [0.717, 1.165) is 24.8 Å². The van der Waals surface area contributed by atoms with Crippen molar-refractivity contribution < 1.29 is 4.79 Å². The molecule has 0 fully saturated rings. The Morgan fingerprint density at radius 3 is 3.00 bits per heavy atom. The lowest BCUT2D eigenvalue weighted by Gasteiger charge is -2.15. The molecule has 0 radical (unpaired) electrons. The molecule has 0 saturated heterocycles. The van der Waals surface area contributed by atoms with E-state index >= 15 is 0 Å². The molecule has 2 heteroatoms. The van der Waals surface area contributed by atoms with Crippen molar-refractivity contribution in [2.24, 2.45) is 0 Å². The topological polar surface area (TPSA) is 17.1 Å². The van der Waals surface area contributed by atoms with Crippen LogP contribution in [0.2, 0.25) is 0 Å². The van der Waals surface area contributed by atoms with Gasteiger partial charge in [0.05, 0.1) is 0 Å². The van der Waals surface area contributed by atoms with Gasteiger partial charge in [0.25, 0.3) is 0 Å². The second kappa shape index (κ2) is 2.92. The molecule has 0 N–H and O–H groups in total. The molecule has 2 aromatic rings. The Bertz CT molecular complexity index is 510. The van der Waals surface area contributed by atoms with E-state index in [0.29, 0.717) is 5.78 Å². The van der Waals surface area contributed by atoms with E-state index < -0.39 is 0 Å². The smallest absolute Gasteiger partial charge is 0.163 e. The Morgan fingerprint density at radius 2 is 2.07 bits per heavy atom. The van der Waals surface area contributed by atoms with Crippen molar-refractivity contribution in [1.82, 2.24) is 0 Å².